The molecule has 0 N–H and O–H groups in total. The number of fused-ring (bicyclic) bond motifs is 1. The smallest absolute Gasteiger partial charge is 0.272 e. The summed E-state index contributed by atoms with van der Waals surface area (Å²) in [6.07, 6.45) is 2.66. The lowest BCUT2D eigenvalue weighted by Gasteiger charge is -2.32. The zero-order chi connectivity index (χ0) is 17.4. The first kappa shape index (κ1) is 16.0. The average molecular weight is 337 g/mol. The number of carbonyl (C=O) groups excluding carboxylic acids is 1. The number of likely N-dealkylation sites (N-methyl/N-ethyl adjacent to an activating group) is 1. The third-order valence-corrected chi connectivity index (χ3v) is 5.08. The van der Waals surface area contributed by atoms with Gasteiger partial charge in [-0.2, -0.15) is 0 Å². The summed E-state index contributed by atoms with van der Waals surface area (Å²) in [6, 6.07) is 10.3. The molecule has 3 heterocycles. The monoisotopic (exact) mass is 337 g/mol. The van der Waals surface area contributed by atoms with Gasteiger partial charge in [-0.1, -0.05) is 18.2 Å². The van der Waals surface area contributed by atoms with Crippen molar-refractivity contribution in [3.05, 3.63) is 47.8 Å². The maximum atomic E-state index is 12.8. The van der Waals surface area contributed by atoms with Crippen LogP contribution < -0.4 is 4.90 Å². The standard InChI is InChI=1S/C19H23N5O/c1-14-13-15-5-3-4-6-17(15)24(14)19-20-8-7-16(21-19)18(25)23-11-9-22(2)10-12-23/h3-8,14H,9-13H2,1-2H3. The Morgan fingerprint density at radius 2 is 1.88 bits per heavy atom. The van der Waals surface area contributed by atoms with Crippen LogP contribution in [0, 0.1) is 0 Å². The summed E-state index contributed by atoms with van der Waals surface area (Å²) < 4.78 is 0. The van der Waals surface area contributed by atoms with E-state index < -0.39 is 0 Å². The van der Waals surface area contributed by atoms with E-state index in [0.717, 1.165) is 38.3 Å². The van der Waals surface area contributed by atoms with Crippen LogP contribution in [0.3, 0.4) is 0 Å². The van der Waals surface area contributed by atoms with Gasteiger partial charge in [0.1, 0.15) is 5.69 Å². The molecule has 25 heavy (non-hydrogen) atoms. The van der Waals surface area contributed by atoms with Crippen molar-refractivity contribution in [2.24, 2.45) is 0 Å². The van der Waals surface area contributed by atoms with Crippen molar-refractivity contribution in [3.8, 4) is 0 Å². The summed E-state index contributed by atoms with van der Waals surface area (Å²) in [5.41, 5.74) is 2.92. The Morgan fingerprint density at radius 3 is 2.68 bits per heavy atom. The highest BCUT2D eigenvalue weighted by Crippen LogP contribution is 2.36. The topological polar surface area (TPSA) is 52.6 Å². The van der Waals surface area contributed by atoms with Crippen molar-refractivity contribution in [2.75, 3.05) is 38.1 Å². The number of piperazine rings is 1. The minimum absolute atomic E-state index is 0.00288. The molecule has 0 radical (unpaired) electrons. The molecule has 4 rings (SSSR count). The highest BCUT2D eigenvalue weighted by atomic mass is 16.2. The molecule has 6 nitrogen and oxygen atoms in total. The highest BCUT2D eigenvalue weighted by molar-refractivity contribution is 5.92. The fourth-order valence-electron chi connectivity index (χ4n) is 3.63. The van der Waals surface area contributed by atoms with Gasteiger partial charge in [0.05, 0.1) is 0 Å². The van der Waals surface area contributed by atoms with Crippen LogP contribution in [0.15, 0.2) is 36.5 Å². The first-order valence-corrected chi connectivity index (χ1v) is 8.81. The summed E-state index contributed by atoms with van der Waals surface area (Å²) in [6.45, 7) is 5.47. The van der Waals surface area contributed by atoms with E-state index in [1.165, 1.54) is 5.56 Å². The van der Waals surface area contributed by atoms with E-state index in [0.29, 0.717) is 11.6 Å². The quantitative estimate of drug-likeness (QED) is 0.838. The normalized spacial score (nSPS) is 20.6. The molecule has 1 aromatic carbocycles. The molecule has 1 amide bonds. The minimum Gasteiger partial charge on any atom is -0.335 e. The van der Waals surface area contributed by atoms with Crippen molar-refractivity contribution in [1.29, 1.82) is 0 Å². The predicted molar refractivity (Wildman–Crippen MR) is 97.2 cm³/mol. The first-order valence-electron chi connectivity index (χ1n) is 8.81. The largest absolute Gasteiger partial charge is 0.335 e. The molecule has 130 valence electrons. The summed E-state index contributed by atoms with van der Waals surface area (Å²) >= 11 is 0. The molecule has 1 unspecified atom stereocenters. The van der Waals surface area contributed by atoms with Crippen molar-refractivity contribution in [2.45, 2.75) is 19.4 Å². The molecular weight excluding hydrogens is 314 g/mol. The molecule has 0 aliphatic carbocycles. The number of amides is 1. The van der Waals surface area contributed by atoms with E-state index in [9.17, 15) is 4.79 Å². The van der Waals surface area contributed by atoms with E-state index in [2.05, 4.69) is 51.9 Å². The van der Waals surface area contributed by atoms with Gasteiger partial charge in [0.25, 0.3) is 5.91 Å². The van der Waals surface area contributed by atoms with Gasteiger partial charge in [0.15, 0.2) is 0 Å². The van der Waals surface area contributed by atoms with Gasteiger partial charge in [-0.15, -0.1) is 0 Å². The Balaban J connectivity index is 1.61. The van der Waals surface area contributed by atoms with E-state index >= 15 is 0 Å². The Morgan fingerprint density at radius 1 is 1.12 bits per heavy atom. The van der Waals surface area contributed by atoms with Crippen LogP contribution in [0.4, 0.5) is 11.6 Å². The summed E-state index contributed by atoms with van der Waals surface area (Å²) in [4.78, 5) is 28.1. The molecule has 0 spiro atoms. The van der Waals surface area contributed by atoms with Gasteiger partial charge in [-0.05, 0) is 38.1 Å². The average Bonchev–Trinajstić information content (AvgIpc) is 2.97. The van der Waals surface area contributed by atoms with E-state index in [1.807, 2.05) is 11.0 Å². The number of nitrogens with zero attached hydrogens (tertiary/aromatic N) is 5. The number of hydrogen-bond acceptors (Lipinski definition) is 5. The molecule has 1 aromatic heterocycles. The van der Waals surface area contributed by atoms with Gasteiger partial charge in [0.2, 0.25) is 5.95 Å². The summed E-state index contributed by atoms with van der Waals surface area (Å²) in [5.74, 6) is 0.606. The van der Waals surface area contributed by atoms with E-state index in [4.69, 9.17) is 0 Å². The first-order chi connectivity index (χ1) is 12.1. The number of hydrogen-bond donors (Lipinski definition) is 0. The lowest BCUT2D eigenvalue weighted by Crippen LogP contribution is -2.47. The molecular formula is C19H23N5O. The Labute approximate surface area is 148 Å². The van der Waals surface area contributed by atoms with Gasteiger partial charge in [-0.3, -0.25) is 4.79 Å². The van der Waals surface area contributed by atoms with Gasteiger partial charge in [-0.25, -0.2) is 9.97 Å². The maximum absolute atomic E-state index is 12.8. The fourth-order valence-corrected chi connectivity index (χ4v) is 3.63. The summed E-state index contributed by atoms with van der Waals surface area (Å²) in [5, 5.41) is 0. The van der Waals surface area contributed by atoms with Crippen LogP contribution in [-0.2, 0) is 6.42 Å². The second-order valence-electron chi connectivity index (χ2n) is 6.89. The molecule has 1 saturated heterocycles. The highest BCUT2D eigenvalue weighted by Gasteiger charge is 2.29. The summed E-state index contributed by atoms with van der Waals surface area (Å²) in [7, 11) is 2.08. The molecule has 2 aliphatic rings. The molecule has 0 bridgehead atoms. The molecule has 1 fully saturated rings. The van der Waals surface area contributed by atoms with Gasteiger partial charge < -0.3 is 14.7 Å². The SMILES string of the molecule is CC1Cc2ccccc2N1c1nccc(C(=O)N2CCN(C)CC2)n1. The Hall–Kier alpha value is -2.47. The lowest BCUT2D eigenvalue weighted by molar-refractivity contribution is 0.0658. The minimum atomic E-state index is -0.00288. The van der Waals surface area contributed by atoms with E-state index in [1.54, 1.807) is 12.3 Å². The van der Waals surface area contributed by atoms with E-state index in [-0.39, 0.29) is 11.9 Å². The Bertz CT molecular complexity index is 785. The van der Waals surface area contributed by atoms with Crippen LogP contribution in [0.25, 0.3) is 0 Å². The van der Waals surface area contributed by atoms with Crippen LogP contribution in [0.5, 0.6) is 0 Å². The number of anilines is 2. The number of para-hydroxylation sites is 1. The van der Waals surface area contributed by atoms with Crippen molar-refractivity contribution < 1.29 is 4.79 Å². The zero-order valence-corrected chi connectivity index (χ0v) is 14.7. The number of carbonyl (C=O) groups is 1. The predicted octanol–water partition coefficient (Wildman–Crippen LogP) is 1.95. The second-order valence-corrected chi connectivity index (χ2v) is 6.89. The Kier molecular flexibility index (Phi) is 4.13. The molecule has 6 heteroatoms. The zero-order valence-electron chi connectivity index (χ0n) is 14.7. The number of aromatic nitrogens is 2. The van der Waals surface area contributed by atoms with Crippen molar-refractivity contribution >= 4 is 17.5 Å². The molecule has 2 aliphatic heterocycles. The second kappa shape index (κ2) is 6.44. The number of benzene rings is 1. The van der Waals surface area contributed by atoms with Crippen LogP contribution >= 0.6 is 0 Å². The van der Waals surface area contributed by atoms with Crippen LogP contribution in [0.1, 0.15) is 23.0 Å². The maximum Gasteiger partial charge on any atom is 0.272 e. The van der Waals surface area contributed by atoms with Crippen LogP contribution in [-0.4, -0.2) is 64.9 Å². The van der Waals surface area contributed by atoms with Gasteiger partial charge in [0, 0.05) is 44.1 Å². The molecule has 2 aromatic rings. The van der Waals surface area contributed by atoms with Gasteiger partial charge >= 0.3 is 0 Å². The van der Waals surface area contributed by atoms with Crippen molar-refractivity contribution in [3.63, 3.8) is 0 Å². The number of rotatable bonds is 2. The third kappa shape index (κ3) is 2.98. The van der Waals surface area contributed by atoms with Crippen molar-refractivity contribution in [1.82, 2.24) is 19.8 Å². The third-order valence-electron chi connectivity index (χ3n) is 5.08. The molecule has 1 atom stereocenters. The fraction of sp³-hybridized carbons (Fsp3) is 0.421. The lowest BCUT2D eigenvalue weighted by atomic mass is 10.1. The molecule has 0 saturated carbocycles. The van der Waals surface area contributed by atoms with Crippen LogP contribution in [0.2, 0.25) is 0 Å².